The highest BCUT2D eigenvalue weighted by Crippen LogP contribution is 2.02. The Kier molecular flexibility index (Phi) is 5.23. The third kappa shape index (κ3) is 3.99. The number of carbonyl (C=O) groups is 2. The minimum atomic E-state index is -0.616. The highest BCUT2D eigenvalue weighted by atomic mass is 16.5. The first kappa shape index (κ1) is 15.4. The van der Waals surface area contributed by atoms with Crippen LogP contribution in [0.5, 0.6) is 0 Å². The van der Waals surface area contributed by atoms with E-state index >= 15 is 0 Å². The van der Waals surface area contributed by atoms with Gasteiger partial charge in [0.1, 0.15) is 6.04 Å². The van der Waals surface area contributed by atoms with Crippen molar-refractivity contribution in [3.8, 4) is 0 Å². The van der Waals surface area contributed by atoms with Gasteiger partial charge in [-0.2, -0.15) is 0 Å². The van der Waals surface area contributed by atoms with E-state index in [1.807, 2.05) is 0 Å². The van der Waals surface area contributed by atoms with E-state index in [9.17, 15) is 9.59 Å². The van der Waals surface area contributed by atoms with Crippen LogP contribution >= 0.6 is 0 Å². The van der Waals surface area contributed by atoms with Crippen molar-refractivity contribution in [2.45, 2.75) is 19.5 Å². The van der Waals surface area contributed by atoms with Crippen LogP contribution in [0, 0.1) is 0 Å². The monoisotopic (exact) mass is 296 g/mol. The second-order valence-electron chi connectivity index (χ2n) is 4.79. The van der Waals surface area contributed by atoms with E-state index in [0.717, 1.165) is 0 Å². The fourth-order valence-corrected chi connectivity index (χ4v) is 2.03. The van der Waals surface area contributed by atoms with E-state index in [0.29, 0.717) is 39.4 Å². The standard InChI is InChI=1S/C12H20N6O3/c1-9(12(20)17-4-6-21-7-5-17)14-11(19)10-8-18(3-2-13)16-15-10/h8-9H,2-7,13H2,1H3,(H,14,19). The lowest BCUT2D eigenvalue weighted by Gasteiger charge is -2.29. The Morgan fingerprint density at radius 3 is 2.86 bits per heavy atom. The maximum absolute atomic E-state index is 12.2. The number of morpholine rings is 1. The van der Waals surface area contributed by atoms with Crippen LogP contribution in [0.15, 0.2) is 6.20 Å². The lowest BCUT2D eigenvalue weighted by molar-refractivity contribution is -0.136. The number of rotatable bonds is 5. The number of hydrogen-bond donors (Lipinski definition) is 2. The molecule has 9 heteroatoms. The zero-order chi connectivity index (χ0) is 15.2. The molecule has 1 fully saturated rings. The van der Waals surface area contributed by atoms with Crippen molar-refractivity contribution in [2.24, 2.45) is 5.73 Å². The molecule has 0 radical (unpaired) electrons. The van der Waals surface area contributed by atoms with Gasteiger partial charge in [-0.15, -0.1) is 5.10 Å². The predicted molar refractivity (Wildman–Crippen MR) is 73.4 cm³/mol. The van der Waals surface area contributed by atoms with Gasteiger partial charge in [-0.3, -0.25) is 14.3 Å². The Bertz CT molecular complexity index is 497. The third-order valence-electron chi connectivity index (χ3n) is 3.17. The molecule has 0 aliphatic carbocycles. The van der Waals surface area contributed by atoms with Crippen molar-refractivity contribution in [3.63, 3.8) is 0 Å². The second-order valence-corrected chi connectivity index (χ2v) is 4.79. The van der Waals surface area contributed by atoms with Gasteiger partial charge < -0.3 is 20.7 Å². The van der Waals surface area contributed by atoms with Crippen molar-refractivity contribution >= 4 is 11.8 Å². The molecule has 116 valence electrons. The zero-order valence-electron chi connectivity index (χ0n) is 12.0. The van der Waals surface area contributed by atoms with E-state index in [4.69, 9.17) is 10.5 Å². The van der Waals surface area contributed by atoms with Crippen LogP contribution in [0.3, 0.4) is 0 Å². The lowest BCUT2D eigenvalue weighted by atomic mass is 10.2. The molecule has 1 saturated heterocycles. The van der Waals surface area contributed by atoms with Crippen molar-refractivity contribution in [3.05, 3.63) is 11.9 Å². The van der Waals surface area contributed by atoms with Crippen molar-refractivity contribution in [1.29, 1.82) is 0 Å². The Morgan fingerprint density at radius 1 is 1.48 bits per heavy atom. The molecule has 0 aromatic carbocycles. The number of aromatic nitrogens is 3. The first-order valence-corrected chi connectivity index (χ1v) is 6.89. The van der Waals surface area contributed by atoms with Crippen LogP contribution in [-0.2, 0) is 16.1 Å². The summed E-state index contributed by atoms with van der Waals surface area (Å²) in [6.45, 7) is 4.70. The third-order valence-corrected chi connectivity index (χ3v) is 3.17. The molecule has 1 aliphatic rings. The van der Waals surface area contributed by atoms with Gasteiger partial charge in [-0.25, -0.2) is 0 Å². The van der Waals surface area contributed by atoms with Crippen molar-refractivity contribution < 1.29 is 14.3 Å². The number of amides is 2. The van der Waals surface area contributed by atoms with Crippen LogP contribution in [-0.4, -0.2) is 70.6 Å². The van der Waals surface area contributed by atoms with Gasteiger partial charge in [0.15, 0.2) is 5.69 Å². The van der Waals surface area contributed by atoms with Gasteiger partial charge in [-0.1, -0.05) is 5.21 Å². The summed E-state index contributed by atoms with van der Waals surface area (Å²) in [6.07, 6.45) is 1.51. The fourth-order valence-electron chi connectivity index (χ4n) is 2.03. The van der Waals surface area contributed by atoms with Gasteiger partial charge >= 0.3 is 0 Å². The topological polar surface area (TPSA) is 115 Å². The Labute approximate surface area is 122 Å². The van der Waals surface area contributed by atoms with Gasteiger partial charge in [-0.05, 0) is 6.92 Å². The summed E-state index contributed by atoms with van der Waals surface area (Å²) < 4.78 is 6.68. The summed E-state index contributed by atoms with van der Waals surface area (Å²) in [5.41, 5.74) is 5.57. The molecular formula is C12H20N6O3. The summed E-state index contributed by atoms with van der Waals surface area (Å²) in [6, 6.07) is -0.616. The fraction of sp³-hybridized carbons (Fsp3) is 0.667. The minimum Gasteiger partial charge on any atom is -0.378 e. The predicted octanol–water partition coefficient (Wildman–Crippen LogP) is -1.79. The van der Waals surface area contributed by atoms with Crippen LogP contribution in [0.4, 0.5) is 0 Å². The highest BCUT2D eigenvalue weighted by molar-refractivity contribution is 5.95. The molecule has 1 unspecified atom stereocenters. The van der Waals surface area contributed by atoms with Gasteiger partial charge in [0.05, 0.1) is 26.0 Å². The number of nitrogens with zero attached hydrogens (tertiary/aromatic N) is 4. The largest absolute Gasteiger partial charge is 0.378 e. The molecule has 1 atom stereocenters. The number of nitrogens with two attached hydrogens (primary N) is 1. The summed E-state index contributed by atoms with van der Waals surface area (Å²) in [4.78, 5) is 25.9. The molecule has 2 rings (SSSR count). The lowest BCUT2D eigenvalue weighted by Crippen LogP contribution is -2.50. The SMILES string of the molecule is CC(NC(=O)c1cn(CCN)nn1)C(=O)N1CCOCC1. The highest BCUT2D eigenvalue weighted by Gasteiger charge is 2.24. The number of hydrogen-bond acceptors (Lipinski definition) is 6. The smallest absolute Gasteiger partial charge is 0.274 e. The maximum Gasteiger partial charge on any atom is 0.274 e. The Balaban J connectivity index is 1.89. The van der Waals surface area contributed by atoms with Crippen molar-refractivity contribution in [2.75, 3.05) is 32.8 Å². The molecule has 9 nitrogen and oxygen atoms in total. The molecule has 0 saturated carbocycles. The number of carbonyl (C=O) groups excluding carboxylic acids is 2. The summed E-state index contributed by atoms with van der Waals surface area (Å²) >= 11 is 0. The molecule has 0 spiro atoms. The van der Waals surface area contributed by atoms with Crippen LogP contribution in [0.25, 0.3) is 0 Å². The molecule has 1 aromatic rings. The molecule has 1 aliphatic heterocycles. The average Bonchev–Trinajstić information content (AvgIpc) is 2.96. The van der Waals surface area contributed by atoms with Crippen LogP contribution in [0.1, 0.15) is 17.4 Å². The van der Waals surface area contributed by atoms with E-state index < -0.39 is 11.9 Å². The van der Waals surface area contributed by atoms with Crippen molar-refractivity contribution in [1.82, 2.24) is 25.2 Å². The van der Waals surface area contributed by atoms with Crippen LogP contribution in [0.2, 0.25) is 0 Å². The normalized spacial score (nSPS) is 16.6. The first-order valence-electron chi connectivity index (χ1n) is 6.89. The molecular weight excluding hydrogens is 276 g/mol. The number of nitrogens with one attached hydrogen (secondary N) is 1. The summed E-state index contributed by atoms with van der Waals surface area (Å²) in [5.74, 6) is -0.548. The van der Waals surface area contributed by atoms with E-state index in [2.05, 4.69) is 15.6 Å². The van der Waals surface area contributed by atoms with Gasteiger partial charge in [0.25, 0.3) is 5.91 Å². The quantitative estimate of drug-likeness (QED) is 0.663. The van der Waals surface area contributed by atoms with E-state index in [1.165, 1.54) is 10.9 Å². The Morgan fingerprint density at radius 2 is 2.19 bits per heavy atom. The number of ether oxygens (including phenoxy) is 1. The molecule has 3 N–H and O–H groups in total. The Hall–Kier alpha value is -2.00. The average molecular weight is 296 g/mol. The zero-order valence-corrected chi connectivity index (χ0v) is 12.0. The van der Waals surface area contributed by atoms with Gasteiger partial charge in [0, 0.05) is 19.6 Å². The molecule has 0 bridgehead atoms. The van der Waals surface area contributed by atoms with E-state index in [-0.39, 0.29) is 11.6 Å². The minimum absolute atomic E-state index is 0.124. The summed E-state index contributed by atoms with van der Waals surface area (Å²) in [5, 5.41) is 10.2. The second kappa shape index (κ2) is 7.14. The molecule has 2 amide bonds. The molecule has 1 aromatic heterocycles. The molecule has 21 heavy (non-hydrogen) atoms. The summed E-state index contributed by atoms with van der Waals surface area (Å²) in [7, 11) is 0. The first-order chi connectivity index (χ1) is 10.1. The van der Waals surface area contributed by atoms with Crippen LogP contribution < -0.4 is 11.1 Å². The molecule has 2 heterocycles. The van der Waals surface area contributed by atoms with E-state index in [1.54, 1.807) is 11.8 Å². The van der Waals surface area contributed by atoms with Gasteiger partial charge in [0.2, 0.25) is 5.91 Å². The maximum atomic E-state index is 12.2.